The van der Waals surface area contributed by atoms with E-state index >= 15 is 0 Å². The van der Waals surface area contributed by atoms with Crippen LogP contribution in [0.25, 0.3) is 10.8 Å². The molecule has 1 fully saturated rings. The Bertz CT molecular complexity index is 882. The summed E-state index contributed by atoms with van der Waals surface area (Å²) in [4.78, 5) is 17.8. The molecule has 2 aromatic rings. The lowest BCUT2D eigenvalue weighted by atomic mass is 9.68. The van der Waals surface area contributed by atoms with Gasteiger partial charge in [-0.1, -0.05) is 83.0 Å². The number of nitrogens with one attached hydrogen (secondary N) is 1. The van der Waals surface area contributed by atoms with Gasteiger partial charge in [0.05, 0.1) is 6.54 Å². The van der Waals surface area contributed by atoms with Gasteiger partial charge in [-0.05, 0) is 86.1 Å². The van der Waals surface area contributed by atoms with Crippen molar-refractivity contribution in [1.29, 1.82) is 0 Å². The highest BCUT2D eigenvalue weighted by Crippen LogP contribution is 2.39. The van der Waals surface area contributed by atoms with Crippen LogP contribution in [0.3, 0.4) is 0 Å². The lowest BCUT2D eigenvalue weighted by molar-refractivity contribution is -0.123. The quantitative estimate of drug-likeness (QED) is 0.409. The van der Waals surface area contributed by atoms with Crippen LogP contribution in [0.2, 0.25) is 0 Å². The molecule has 188 valence electrons. The number of carbonyl (C=O) groups excluding carboxylic acids is 1. The van der Waals surface area contributed by atoms with Crippen LogP contribution < -0.4 is 5.32 Å². The molecular weight excluding hydrogens is 418 g/mol. The standard InChI is InChI=1S/C30H47N3O/c1-5-25(4)30(18-21-33-19-11-8-12-20-33,24-31-29(34)23-32(6-2)7-3)22-27-16-13-15-26-14-9-10-17-28(26)27/h9-10,13-17,25H,5-8,11-12,18-24H2,1-4H3,(H,31,34). The van der Waals surface area contributed by atoms with Crippen molar-refractivity contribution in [2.45, 2.75) is 66.2 Å². The van der Waals surface area contributed by atoms with Crippen LogP contribution in [0.1, 0.15) is 65.4 Å². The largest absolute Gasteiger partial charge is 0.354 e. The van der Waals surface area contributed by atoms with Gasteiger partial charge in [-0.3, -0.25) is 9.69 Å². The first-order valence-electron chi connectivity index (χ1n) is 13.7. The van der Waals surface area contributed by atoms with E-state index in [9.17, 15) is 4.79 Å². The SMILES string of the molecule is CCC(C)C(CCN1CCCCC1)(CNC(=O)CN(CC)CC)Cc1cccc2ccccc12. The Kier molecular flexibility index (Phi) is 10.4. The minimum atomic E-state index is 0.0369. The molecule has 1 N–H and O–H groups in total. The number of rotatable bonds is 13. The molecule has 34 heavy (non-hydrogen) atoms. The monoisotopic (exact) mass is 465 g/mol. The van der Waals surface area contributed by atoms with Gasteiger partial charge in [0.15, 0.2) is 0 Å². The van der Waals surface area contributed by atoms with Crippen LogP contribution >= 0.6 is 0 Å². The Morgan fingerprint density at radius 3 is 2.44 bits per heavy atom. The summed E-state index contributed by atoms with van der Waals surface area (Å²) >= 11 is 0. The summed E-state index contributed by atoms with van der Waals surface area (Å²) in [6.07, 6.45) is 7.25. The third-order valence-corrected chi connectivity index (χ3v) is 8.35. The lowest BCUT2D eigenvalue weighted by Crippen LogP contribution is -2.48. The number of hydrogen-bond acceptors (Lipinski definition) is 3. The first-order valence-corrected chi connectivity index (χ1v) is 13.7. The minimum absolute atomic E-state index is 0.0369. The molecule has 1 heterocycles. The average Bonchev–Trinajstić information content (AvgIpc) is 2.89. The normalized spacial score (nSPS) is 17.6. The number of nitrogens with zero attached hydrogens (tertiary/aromatic N) is 2. The summed E-state index contributed by atoms with van der Waals surface area (Å²) in [5.41, 5.74) is 1.45. The van der Waals surface area contributed by atoms with Gasteiger partial charge in [-0.15, -0.1) is 0 Å². The van der Waals surface area contributed by atoms with Gasteiger partial charge in [0.2, 0.25) is 5.91 Å². The van der Waals surface area contributed by atoms with Crippen molar-refractivity contribution in [3.63, 3.8) is 0 Å². The second-order valence-electron chi connectivity index (χ2n) is 10.4. The predicted molar refractivity (Wildman–Crippen MR) is 145 cm³/mol. The molecule has 1 amide bonds. The molecule has 2 atom stereocenters. The topological polar surface area (TPSA) is 35.6 Å². The van der Waals surface area contributed by atoms with E-state index in [4.69, 9.17) is 0 Å². The Morgan fingerprint density at radius 2 is 1.74 bits per heavy atom. The number of benzene rings is 2. The first kappa shape index (κ1) is 26.7. The van der Waals surface area contributed by atoms with Crippen LogP contribution in [-0.2, 0) is 11.2 Å². The molecule has 2 aromatic carbocycles. The molecular formula is C30H47N3O. The van der Waals surface area contributed by atoms with E-state index in [2.05, 4.69) is 85.3 Å². The molecule has 4 heteroatoms. The van der Waals surface area contributed by atoms with Crippen molar-refractivity contribution in [2.75, 3.05) is 45.8 Å². The van der Waals surface area contributed by atoms with Gasteiger partial charge in [-0.25, -0.2) is 0 Å². The third-order valence-electron chi connectivity index (χ3n) is 8.35. The number of likely N-dealkylation sites (N-methyl/N-ethyl adjacent to an activating group) is 1. The zero-order chi connectivity index (χ0) is 24.4. The smallest absolute Gasteiger partial charge is 0.234 e. The van der Waals surface area contributed by atoms with Crippen LogP contribution in [0, 0.1) is 11.3 Å². The zero-order valence-electron chi connectivity index (χ0n) is 22.1. The fourth-order valence-electron chi connectivity index (χ4n) is 5.64. The second kappa shape index (κ2) is 13.3. The van der Waals surface area contributed by atoms with Gasteiger partial charge in [0.25, 0.3) is 0 Å². The van der Waals surface area contributed by atoms with Crippen LogP contribution in [0.4, 0.5) is 0 Å². The summed E-state index contributed by atoms with van der Waals surface area (Å²) in [6.45, 7) is 15.6. The van der Waals surface area contributed by atoms with E-state index in [1.807, 2.05) is 0 Å². The first-order chi connectivity index (χ1) is 16.5. The summed E-state index contributed by atoms with van der Waals surface area (Å²) in [5.74, 6) is 0.678. The molecule has 0 bridgehead atoms. The van der Waals surface area contributed by atoms with E-state index in [0.29, 0.717) is 12.5 Å². The molecule has 1 saturated heterocycles. The molecule has 0 spiro atoms. The van der Waals surface area contributed by atoms with Gasteiger partial charge in [-0.2, -0.15) is 0 Å². The molecule has 0 radical (unpaired) electrons. The van der Waals surface area contributed by atoms with Crippen LogP contribution in [-0.4, -0.2) is 61.5 Å². The number of piperidine rings is 1. The van der Waals surface area contributed by atoms with Crippen molar-refractivity contribution in [3.05, 3.63) is 48.0 Å². The van der Waals surface area contributed by atoms with Gasteiger partial charge >= 0.3 is 0 Å². The highest BCUT2D eigenvalue weighted by molar-refractivity contribution is 5.85. The Labute approximate surface area is 208 Å². The molecule has 0 saturated carbocycles. The Hall–Kier alpha value is -1.91. The van der Waals surface area contributed by atoms with E-state index in [-0.39, 0.29) is 11.3 Å². The maximum absolute atomic E-state index is 12.9. The highest BCUT2D eigenvalue weighted by Gasteiger charge is 2.36. The predicted octanol–water partition coefficient (Wildman–Crippen LogP) is 5.75. The molecule has 0 aliphatic carbocycles. The molecule has 1 aliphatic rings. The van der Waals surface area contributed by atoms with Gasteiger partial charge < -0.3 is 10.2 Å². The maximum Gasteiger partial charge on any atom is 0.234 e. The van der Waals surface area contributed by atoms with Crippen LogP contribution in [0.15, 0.2) is 42.5 Å². The summed E-state index contributed by atoms with van der Waals surface area (Å²) in [7, 11) is 0. The van der Waals surface area contributed by atoms with Crippen molar-refractivity contribution in [3.8, 4) is 0 Å². The zero-order valence-corrected chi connectivity index (χ0v) is 22.1. The minimum Gasteiger partial charge on any atom is -0.354 e. The number of amides is 1. The molecule has 0 aromatic heterocycles. The third kappa shape index (κ3) is 7.05. The van der Waals surface area contributed by atoms with E-state index in [0.717, 1.165) is 45.4 Å². The highest BCUT2D eigenvalue weighted by atomic mass is 16.2. The van der Waals surface area contributed by atoms with E-state index in [1.165, 1.54) is 48.7 Å². The summed E-state index contributed by atoms with van der Waals surface area (Å²) < 4.78 is 0. The number of carbonyl (C=O) groups is 1. The molecule has 1 aliphatic heterocycles. The second-order valence-corrected chi connectivity index (χ2v) is 10.4. The Morgan fingerprint density at radius 1 is 1.03 bits per heavy atom. The fraction of sp³-hybridized carbons (Fsp3) is 0.633. The fourth-order valence-corrected chi connectivity index (χ4v) is 5.64. The number of fused-ring (bicyclic) bond motifs is 1. The summed E-state index contributed by atoms with van der Waals surface area (Å²) in [6, 6.07) is 15.5. The van der Waals surface area contributed by atoms with Gasteiger partial charge in [0, 0.05) is 6.54 Å². The number of likely N-dealkylation sites (tertiary alicyclic amines) is 1. The van der Waals surface area contributed by atoms with Crippen molar-refractivity contribution in [2.24, 2.45) is 11.3 Å². The van der Waals surface area contributed by atoms with Crippen molar-refractivity contribution in [1.82, 2.24) is 15.1 Å². The molecule has 4 nitrogen and oxygen atoms in total. The van der Waals surface area contributed by atoms with E-state index in [1.54, 1.807) is 0 Å². The van der Waals surface area contributed by atoms with E-state index < -0.39 is 0 Å². The van der Waals surface area contributed by atoms with Crippen molar-refractivity contribution < 1.29 is 4.79 Å². The van der Waals surface area contributed by atoms with Gasteiger partial charge in [0.1, 0.15) is 0 Å². The maximum atomic E-state index is 12.9. The van der Waals surface area contributed by atoms with Crippen molar-refractivity contribution >= 4 is 16.7 Å². The Balaban J connectivity index is 1.87. The molecule has 2 unspecified atom stereocenters. The van der Waals surface area contributed by atoms with Crippen LogP contribution in [0.5, 0.6) is 0 Å². The number of hydrogen-bond donors (Lipinski definition) is 1. The summed E-state index contributed by atoms with van der Waals surface area (Å²) in [5, 5.41) is 6.05. The molecule has 3 rings (SSSR count). The average molecular weight is 466 g/mol. The lowest BCUT2D eigenvalue weighted by Gasteiger charge is -2.42.